The molecule has 22 heteroatoms. The van der Waals surface area contributed by atoms with Crippen LogP contribution in [0.5, 0.6) is 0 Å². The minimum Gasteiger partial charge on any atom is -0.480 e. The van der Waals surface area contributed by atoms with Crippen molar-refractivity contribution >= 4 is 59.1 Å². The van der Waals surface area contributed by atoms with Crippen LogP contribution in [0.4, 0.5) is 0 Å². The molecule has 0 rings (SSSR count). The van der Waals surface area contributed by atoms with Gasteiger partial charge in [-0.1, -0.05) is 168 Å². The van der Waals surface area contributed by atoms with Crippen LogP contribution in [0, 0.1) is 0 Å². The van der Waals surface area contributed by atoms with Gasteiger partial charge in [0.05, 0.1) is 6.61 Å². The van der Waals surface area contributed by atoms with Crippen LogP contribution in [0.1, 0.15) is 271 Å². The highest BCUT2D eigenvalue weighted by Gasteiger charge is 2.33. The number of amides is 6. The third-order valence-electron chi connectivity index (χ3n) is 15.5. The van der Waals surface area contributed by atoms with E-state index in [1.54, 1.807) is 0 Å². The summed E-state index contributed by atoms with van der Waals surface area (Å²) in [4.78, 5) is 108. The Morgan fingerprint density at radius 1 is 0.372 bits per heavy atom. The molecule has 0 aliphatic heterocycles. The molecule has 0 spiro atoms. The second kappa shape index (κ2) is 58.6. The fraction of sp³-hybridized carbons (Fsp3) is 0.875. The van der Waals surface area contributed by atoms with Gasteiger partial charge in [0, 0.05) is 24.3 Å². The fourth-order valence-electron chi connectivity index (χ4n) is 10.1. The molecule has 86 heavy (non-hydrogen) atoms. The molecule has 0 saturated carbocycles. The second-order valence-corrected chi connectivity index (χ2v) is 24.5. The Kier molecular flexibility index (Phi) is 55.8. The smallest absolute Gasteiger partial charge is 0.326 e. The van der Waals surface area contributed by atoms with E-state index >= 15 is 0 Å². The number of carbonyl (C=O) groups excluding carboxylic acids is 7. The Hall–Kier alpha value is -4.09. The highest BCUT2D eigenvalue weighted by molar-refractivity contribution is 7.99. The summed E-state index contributed by atoms with van der Waals surface area (Å²) in [5.74, 6) is -5.23. The summed E-state index contributed by atoms with van der Waals surface area (Å²) in [6, 6.07) is -7.54. The van der Waals surface area contributed by atoms with Gasteiger partial charge in [-0.2, -0.15) is 11.8 Å². The molecule has 0 aromatic heterocycles. The van der Waals surface area contributed by atoms with Crippen molar-refractivity contribution in [2.24, 2.45) is 22.9 Å². The zero-order chi connectivity index (χ0) is 63.7. The fourth-order valence-corrected chi connectivity index (χ4v) is 11.0. The topological polar surface area (TPSA) is 363 Å². The first-order valence-corrected chi connectivity index (χ1v) is 35.1. The first kappa shape index (κ1) is 81.9. The van der Waals surface area contributed by atoms with E-state index in [0.717, 1.165) is 44.9 Å². The van der Waals surface area contributed by atoms with Crippen LogP contribution in [0.2, 0.25) is 0 Å². The molecule has 6 amide bonds. The first-order valence-electron chi connectivity index (χ1n) is 33.9. The van der Waals surface area contributed by atoms with Crippen LogP contribution >= 0.6 is 11.8 Å². The minimum absolute atomic E-state index is 0.0708. The maximum atomic E-state index is 14.2. The maximum Gasteiger partial charge on any atom is 0.326 e. The molecule has 6 atom stereocenters. The number of nitrogens with two attached hydrogens (primary N) is 4. The number of rotatable bonds is 62. The number of unbranched alkanes of at least 4 members (excludes halogenated alkanes) is 28. The molecule has 0 saturated heterocycles. The molecule has 0 bridgehead atoms. The number of aliphatic carboxylic acids is 1. The monoisotopic (exact) mass is 1240 g/mol. The minimum atomic E-state index is -1.55. The van der Waals surface area contributed by atoms with Gasteiger partial charge in [-0.25, -0.2) is 4.79 Å². The Morgan fingerprint density at radius 3 is 1.02 bits per heavy atom. The summed E-state index contributed by atoms with van der Waals surface area (Å²) in [5.41, 5.74) is 22.9. The Balaban J connectivity index is 5.97. The summed E-state index contributed by atoms with van der Waals surface area (Å²) < 4.78 is 5.51. The normalized spacial score (nSPS) is 13.4. The molecule has 0 fully saturated rings. The van der Waals surface area contributed by atoms with Gasteiger partial charge in [0.1, 0.15) is 42.9 Å². The number of aliphatic hydroxyl groups is 1. The van der Waals surface area contributed by atoms with E-state index in [1.807, 2.05) is 0 Å². The van der Waals surface area contributed by atoms with Crippen molar-refractivity contribution in [3.05, 3.63) is 0 Å². The molecule has 21 nitrogen and oxygen atoms in total. The number of hydrogen-bond acceptors (Lipinski definition) is 15. The third kappa shape index (κ3) is 46.1. The molecule has 0 unspecified atom stereocenters. The predicted molar refractivity (Wildman–Crippen MR) is 347 cm³/mol. The lowest BCUT2D eigenvalue weighted by Crippen LogP contribution is -2.60. The number of aliphatic hydroxyl groups excluding tert-OH is 1. The standard InChI is InChI=1S/C64H124N10O11S/c1-3-5-7-9-11-13-15-17-19-21-23-25-27-41-57(76)69-56(50-86-48-47-85-58(77)42-28-26-24-22-20-18-16-14-12-10-8-6-4-2)63(82)74-55(49-75)62(81)72-52(38-30-34-44-66)60(79)70-51(37-29-33-43-65)59(78)71-53(39-31-35-45-67)61(80)73-54(64(83)84)40-32-36-46-68/h51-56,75H,3-50,65-68H2,1-2H3,(H,69,76)(H,70,79)(H,71,78)(H,72,81)(H,73,80)(H,74,82)(H,83,84)/t51-,52-,53-,54-,55+,56-/m0/s1. The molecule has 16 N–H and O–H groups in total. The molecule has 0 radical (unpaired) electrons. The van der Waals surface area contributed by atoms with Crippen molar-refractivity contribution < 1.29 is 53.3 Å². The number of hydrogen-bond donors (Lipinski definition) is 12. The van der Waals surface area contributed by atoms with E-state index in [-0.39, 0.29) is 62.9 Å². The van der Waals surface area contributed by atoms with Crippen molar-refractivity contribution in [3.8, 4) is 0 Å². The van der Waals surface area contributed by atoms with Gasteiger partial charge in [-0.15, -0.1) is 0 Å². The van der Waals surface area contributed by atoms with Crippen molar-refractivity contribution in [1.82, 2.24) is 31.9 Å². The van der Waals surface area contributed by atoms with E-state index in [9.17, 15) is 48.6 Å². The van der Waals surface area contributed by atoms with Crippen LogP contribution in [-0.2, 0) is 43.1 Å². The molecule has 0 aromatic rings. The summed E-state index contributed by atoms with van der Waals surface area (Å²) in [6.45, 7) is 4.99. The van der Waals surface area contributed by atoms with Gasteiger partial charge < -0.3 is 69.8 Å². The highest BCUT2D eigenvalue weighted by atomic mass is 32.2. The second-order valence-electron chi connectivity index (χ2n) is 23.4. The Morgan fingerprint density at radius 2 is 0.674 bits per heavy atom. The average molecular weight is 1240 g/mol. The zero-order valence-corrected chi connectivity index (χ0v) is 54.5. The van der Waals surface area contributed by atoms with Crippen LogP contribution in [-0.4, -0.2) is 145 Å². The largest absolute Gasteiger partial charge is 0.480 e. The van der Waals surface area contributed by atoms with Crippen molar-refractivity contribution in [2.45, 2.75) is 307 Å². The first-order chi connectivity index (χ1) is 41.7. The zero-order valence-electron chi connectivity index (χ0n) is 53.7. The molecule has 0 heterocycles. The molecule has 502 valence electrons. The van der Waals surface area contributed by atoms with E-state index in [0.29, 0.717) is 89.6 Å². The van der Waals surface area contributed by atoms with Crippen molar-refractivity contribution in [1.29, 1.82) is 0 Å². The van der Waals surface area contributed by atoms with Crippen molar-refractivity contribution in [3.63, 3.8) is 0 Å². The van der Waals surface area contributed by atoms with Gasteiger partial charge in [0.2, 0.25) is 35.4 Å². The number of carboxylic acids is 1. The van der Waals surface area contributed by atoms with E-state index in [1.165, 1.54) is 127 Å². The van der Waals surface area contributed by atoms with Gasteiger partial charge in [-0.05, 0) is 116 Å². The quantitative estimate of drug-likeness (QED) is 0.0205. The van der Waals surface area contributed by atoms with Gasteiger partial charge >= 0.3 is 11.9 Å². The van der Waals surface area contributed by atoms with Crippen LogP contribution in [0.3, 0.4) is 0 Å². The summed E-state index contributed by atoms with van der Waals surface area (Å²) in [6.07, 6.45) is 35.4. The Labute approximate surface area is 523 Å². The number of carboxylic acid groups (broad SMARTS) is 1. The van der Waals surface area contributed by atoms with Crippen LogP contribution in [0.25, 0.3) is 0 Å². The van der Waals surface area contributed by atoms with Gasteiger partial charge in [-0.3, -0.25) is 33.6 Å². The number of thioether (sulfide) groups is 1. The number of nitrogens with one attached hydrogen (secondary N) is 6. The molecular weight excluding hydrogens is 1120 g/mol. The van der Waals surface area contributed by atoms with E-state index < -0.39 is 78.4 Å². The van der Waals surface area contributed by atoms with E-state index in [2.05, 4.69) is 45.7 Å². The number of ether oxygens (including phenoxy) is 1. The number of esters is 1. The van der Waals surface area contributed by atoms with Gasteiger partial charge in [0.15, 0.2) is 0 Å². The molecule has 0 aliphatic rings. The van der Waals surface area contributed by atoms with Crippen LogP contribution < -0.4 is 54.8 Å². The predicted octanol–water partition coefficient (Wildman–Crippen LogP) is 7.73. The number of carbonyl (C=O) groups is 8. The summed E-state index contributed by atoms with van der Waals surface area (Å²) in [5, 5.41) is 36.4. The lowest BCUT2D eigenvalue weighted by Gasteiger charge is -2.27. The lowest BCUT2D eigenvalue weighted by molar-refractivity contribution is -0.143. The lowest BCUT2D eigenvalue weighted by atomic mass is 10.0. The molecular formula is C64H124N10O11S. The Bertz CT molecular complexity index is 1760. The summed E-state index contributed by atoms with van der Waals surface area (Å²) in [7, 11) is 0. The van der Waals surface area contributed by atoms with Crippen molar-refractivity contribution in [2.75, 3.05) is 50.9 Å². The maximum absolute atomic E-state index is 14.2. The third-order valence-corrected chi connectivity index (χ3v) is 16.6. The van der Waals surface area contributed by atoms with Gasteiger partial charge in [0.25, 0.3) is 0 Å². The average Bonchev–Trinajstić information content (AvgIpc) is 3.65. The SMILES string of the molecule is CCCCCCCCCCCCCCCC(=O)N[C@@H](CSCCOC(=O)CCCCCCCCCCCCCCC)C(=O)N[C@H](CO)C(=O)N[C@@H](CCCCN)C(=O)N[C@@H](CCCCN)C(=O)N[C@@H](CCCCN)C(=O)N[C@@H](CCCCN)C(=O)O. The van der Waals surface area contributed by atoms with Crippen LogP contribution in [0.15, 0.2) is 0 Å². The highest BCUT2D eigenvalue weighted by Crippen LogP contribution is 2.16. The summed E-state index contributed by atoms with van der Waals surface area (Å²) >= 11 is 1.30. The molecule has 0 aromatic carbocycles. The van der Waals surface area contributed by atoms with E-state index in [4.69, 9.17) is 27.7 Å². The molecule has 0 aliphatic carbocycles.